The van der Waals surface area contributed by atoms with E-state index >= 15 is 0 Å². The van der Waals surface area contributed by atoms with Gasteiger partial charge in [0.05, 0.1) is 0 Å². The Morgan fingerprint density at radius 3 is 2.65 bits per heavy atom. The van der Waals surface area contributed by atoms with Crippen LogP contribution in [0.3, 0.4) is 0 Å². The van der Waals surface area contributed by atoms with Gasteiger partial charge in [-0.25, -0.2) is 0 Å². The summed E-state index contributed by atoms with van der Waals surface area (Å²) in [5.74, 6) is 0.750. The van der Waals surface area contributed by atoms with Crippen LogP contribution in [-0.2, 0) is 4.79 Å². The number of aromatic nitrogens is 3. The van der Waals surface area contributed by atoms with E-state index in [0.717, 1.165) is 29.9 Å². The lowest BCUT2D eigenvalue weighted by molar-refractivity contribution is -0.135. The maximum atomic E-state index is 13.4. The number of piperidine rings is 1. The normalized spacial score (nSPS) is 17.7. The molecule has 0 unspecified atom stereocenters. The van der Waals surface area contributed by atoms with Crippen molar-refractivity contribution in [3.8, 4) is 0 Å². The van der Waals surface area contributed by atoms with Crippen LogP contribution in [0, 0.1) is 12.8 Å². The molecule has 0 saturated carbocycles. The number of benzene rings is 1. The monoisotopic (exact) mass is 419 g/mol. The fourth-order valence-electron chi connectivity index (χ4n) is 4.28. The van der Waals surface area contributed by atoms with Crippen molar-refractivity contribution < 1.29 is 9.59 Å². The lowest BCUT2D eigenvalue weighted by atomic mass is 9.94. The summed E-state index contributed by atoms with van der Waals surface area (Å²) in [7, 11) is 0. The second-order valence-electron chi connectivity index (χ2n) is 8.62. The number of carbonyl (C=O) groups is 2. The average Bonchev–Trinajstić information content (AvgIpc) is 3.21. The van der Waals surface area contributed by atoms with Crippen molar-refractivity contribution >= 4 is 17.5 Å². The van der Waals surface area contributed by atoms with Crippen LogP contribution in [0.15, 0.2) is 48.7 Å². The van der Waals surface area contributed by atoms with Gasteiger partial charge in [-0.15, -0.1) is 10.2 Å². The third-order valence-electron chi connectivity index (χ3n) is 6.05. The van der Waals surface area contributed by atoms with Crippen molar-refractivity contribution in [2.75, 3.05) is 13.1 Å². The maximum Gasteiger partial charge on any atom is 0.252 e. The SMILES string of the molecule is Cc1ccccc1C(=O)N[C@@H](C(=O)N1CCC[C@H](c2nnc3ccccn23)C1)C(C)C. The topological polar surface area (TPSA) is 79.6 Å². The van der Waals surface area contributed by atoms with Gasteiger partial charge in [-0.1, -0.05) is 38.1 Å². The number of nitrogens with one attached hydrogen (secondary N) is 1. The first-order chi connectivity index (χ1) is 15.0. The standard InChI is InChI=1S/C24H29N5O2/c1-16(2)21(25-23(30)19-11-5-4-9-17(19)3)24(31)28-13-8-10-18(15-28)22-27-26-20-12-6-7-14-29(20)22/h4-7,9,11-12,14,16,18,21H,8,10,13,15H2,1-3H3,(H,25,30)/t18-,21+/m0/s1. The van der Waals surface area contributed by atoms with E-state index in [1.807, 2.05) is 72.7 Å². The highest BCUT2D eigenvalue weighted by Gasteiger charge is 2.33. The molecular weight excluding hydrogens is 390 g/mol. The van der Waals surface area contributed by atoms with Gasteiger partial charge in [0.15, 0.2) is 5.65 Å². The van der Waals surface area contributed by atoms with Crippen molar-refractivity contribution in [2.45, 2.75) is 45.6 Å². The molecule has 0 aliphatic carbocycles. The van der Waals surface area contributed by atoms with Gasteiger partial charge in [-0.05, 0) is 49.4 Å². The Morgan fingerprint density at radius 1 is 1.10 bits per heavy atom. The van der Waals surface area contributed by atoms with E-state index in [4.69, 9.17) is 0 Å². The van der Waals surface area contributed by atoms with Crippen LogP contribution in [0.2, 0.25) is 0 Å². The highest BCUT2D eigenvalue weighted by molar-refractivity contribution is 5.98. The molecule has 0 radical (unpaired) electrons. The van der Waals surface area contributed by atoms with Crippen molar-refractivity contribution in [2.24, 2.45) is 5.92 Å². The van der Waals surface area contributed by atoms with E-state index in [2.05, 4.69) is 15.5 Å². The zero-order valence-corrected chi connectivity index (χ0v) is 18.3. The Hall–Kier alpha value is -3.22. The second-order valence-corrected chi connectivity index (χ2v) is 8.62. The molecule has 4 rings (SSSR count). The second kappa shape index (κ2) is 8.88. The summed E-state index contributed by atoms with van der Waals surface area (Å²) >= 11 is 0. The molecule has 2 amide bonds. The average molecular weight is 420 g/mol. The molecule has 1 N–H and O–H groups in total. The van der Waals surface area contributed by atoms with E-state index in [1.54, 1.807) is 6.07 Å². The van der Waals surface area contributed by atoms with Gasteiger partial charge < -0.3 is 10.2 Å². The van der Waals surface area contributed by atoms with E-state index in [0.29, 0.717) is 18.7 Å². The molecule has 3 heterocycles. The zero-order chi connectivity index (χ0) is 22.0. The Bertz CT molecular complexity index is 1090. The quantitative estimate of drug-likeness (QED) is 0.689. The number of likely N-dealkylation sites (tertiary alicyclic amines) is 1. The van der Waals surface area contributed by atoms with Crippen LogP contribution in [-0.4, -0.2) is 50.4 Å². The van der Waals surface area contributed by atoms with Crippen LogP contribution >= 0.6 is 0 Å². The van der Waals surface area contributed by atoms with Gasteiger partial charge in [0, 0.05) is 30.8 Å². The molecule has 3 aromatic rings. The summed E-state index contributed by atoms with van der Waals surface area (Å²) in [6, 6.07) is 12.7. The molecule has 0 bridgehead atoms. The number of hydrogen-bond acceptors (Lipinski definition) is 4. The first-order valence-corrected chi connectivity index (χ1v) is 10.9. The Morgan fingerprint density at radius 2 is 1.87 bits per heavy atom. The van der Waals surface area contributed by atoms with Crippen molar-refractivity contribution in [3.63, 3.8) is 0 Å². The first-order valence-electron chi connectivity index (χ1n) is 10.9. The van der Waals surface area contributed by atoms with E-state index in [9.17, 15) is 9.59 Å². The summed E-state index contributed by atoms with van der Waals surface area (Å²) in [6.07, 6.45) is 3.82. The molecule has 1 aliphatic heterocycles. The van der Waals surface area contributed by atoms with Gasteiger partial charge in [0.2, 0.25) is 5.91 Å². The lowest BCUT2D eigenvalue weighted by Gasteiger charge is -2.35. The van der Waals surface area contributed by atoms with Crippen molar-refractivity contribution in [3.05, 3.63) is 65.6 Å². The molecule has 1 saturated heterocycles. The lowest BCUT2D eigenvalue weighted by Crippen LogP contribution is -2.53. The summed E-state index contributed by atoms with van der Waals surface area (Å²) in [5.41, 5.74) is 2.31. The molecule has 7 heteroatoms. The molecule has 2 atom stereocenters. The van der Waals surface area contributed by atoms with Gasteiger partial charge in [-0.2, -0.15) is 0 Å². The van der Waals surface area contributed by atoms with Crippen molar-refractivity contribution in [1.82, 2.24) is 24.8 Å². The van der Waals surface area contributed by atoms with Crippen LogP contribution in [0.25, 0.3) is 5.65 Å². The van der Waals surface area contributed by atoms with E-state index < -0.39 is 6.04 Å². The summed E-state index contributed by atoms with van der Waals surface area (Å²) in [5, 5.41) is 11.6. The minimum atomic E-state index is -0.569. The van der Waals surface area contributed by atoms with E-state index in [1.165, 1.54) is 0 Å². The van der Waals surface area contributed by atoms with Gasteiger partial charge in [0.25, 0.3) is 5.91 Å². The molecular formula is C24H29N5O2. The highest BCUT2D eigenvalue weighted by Crippen LogP contribution is 2.27. The van der Waals surface area contributed by atoms with E-state index in [-0.39, 0.29) is 23.7 Å². The molecule has 1 fully saturated rings. The number of pyridine rings is 1. The van der Waals surface area contributed by atoms with Crippen LogP contribution < -0.4 is 5.32 Å². The number of aryl methyl sites for hydroxylation is 1. The number of nitrogens with zero attached hydrogens (tertiary/aromatic N) is 4. The highest BCUT2D eigenvalue weighted by atomic mass is 16.2. The fourth-order valence-corrected chi connectivity index (χ4v) is 4.28. The number of carbonyl (C=O) groups excluding carboxylic acids is 2. The minimum Gasteiger partial charge on any atom is -0.340 e. The molecule has 7 nitrogen and oxygen atoms in total. The third kappa shape index (κ3) is 4.31. The Balaban J connectivity index is 1.51. The van der Waals surface area contributed by atoms with Gasteiger partial charge >= 0.3 is 0 Å². The van der Waals surface area contributed by atoms with Crippen LogP contribution in [0.1, 0.15) is 54.4 Å². The smallest absolute Gasteiger partial charge is 0.252 e. The van der Waals surface area contributed by atoms with Gasteiger partial charge in [-0.3, -0.25) is 14.0 Å². The zero-order valence-electron chi connectivity index (χ0n) is 18.3. The predicted molar refractivity (Wildman–Crippen MR) is 119 cm³/mol. The molecule has 1 aromatic carbocycles. The van der Waals surface area contributed by atoms with Crippen LogP contribution in [0.4, 0.5) is 0 Å². The fraction of sp³-hybridized carbons (Fsp3) is 0.417. The summed E-state index contributed by atoms with van der Waals surface area (Å²) < 4.78 is 2.00. The predicted octanol–water partition coefficient (Wildman–Crippen LogP) is 3.20. The minimum absolute atomic E-state index is 0.0187. The summed E-state index contributed by atoms with van der Waals surface area (Å²) in [6.45, 7) is 7.11. The first kappa shape index (κ1) is 21.0. The largest absolute Gasteiger partial charge is 0.340 e. The number of fused-ring (bicyclic) bond motifs is 1. The third-order valence-corrected chi connectivity index (χ3v) is 6.05. The van der Waals surface area contributed by atoms with Crippen LogP contribution in [0.5, 0.6) is 0 Å². The number of rotatable bonds is 5. The molecule has 162 valence electrons. The Kier molecular flexibility index (Phi) is 6.02. The molecule has 31 heavy (non-hydrogen) atoms. The van der Waals surface area contributed by atoms with Crippen molar-refractivity contribution in [1.29, 1.82) is 0 Å². The molecule has 2 aromatic heterocycles. The number of amides is 2. The number of hydrogen-bond donors (Lipinski definition) is 1. The maximum absolute atomic E-state index is 13.4. The molecule has 0 spiro atoms. The Labute approximate surface area is 182 Å². The summed E-state index contributed by atoms with van der Waals surface area (Å²) in [4.78, 5) is 28.2. The molecule has 1 aliphatic rings. The van der Waals surface area contributed by atoms with Gasteiger partial charge in [0.1, 0.15) is 11.9 Å².